The molecule has 6 heteroatoms. The molecule has 0 saturated carbocycles. The maximum Gasteiger partial charge on any atom is 0.412 e. The average Bonchev–Trinajstić information content (AvgIpc) is 2.57. The van der Waals surface area contributed by atoms with Gasteiger partial charge in [0.05, 0.1) is 12.7 Å². The number of nitrogens with zero attached hydrogens (tertiary/aromatic N) is 1. The minimum Gasteiger partial charge on any atom is -0.444 e. The van der Waals surface area contributed by atoms with Crippen molar-refractivity contribution in [3.8, 4) is 0 Å². The standard InChI is InChI=1S/C13H23NO5/c1-9-8-17-13(18-9)5-6-14(10(15)7-13)11(16)19-12(2,3)4/h9-10,15H,5-8H2,1-4H3. The fraction of sp³-hybridized carbons (Fsp3) is 0.923. The third-order valence-corrected chi connectivity index (χ3v) is 3.21. The van der Waals surface area contributed by atoms with Crippen LogP contribution in [-0.2, 0) is 14.2 Å². The normalized spacial score (nSPS) is 35.7. The lowest BCUT2D eigenvalue weighted by atomic mass is 10.0. The largest absolute Gasteiger partial charge is 0.444 e. The van der Waals surface area contributed by atoms with E-state index in [0.29, 0.717) is 19.6 Å². The monoisotopic (exact) mass is 273 g/mol. The number of amides is 1. The van der Waals surface area contributed by atoms with Crippen molar-refractivity contribution in [1.82, 2.24) is 4.90 Å². The minimum absolute atomic E-state index is 0.0280. The summed E-state index contributed by atoms with van der Waals surface area (Å²) in [5.41, 5.74) is -0.569. The molecule has 2 aliphatic rings. The fourth-order valence-electron chi connectivity index (χ4n) is 2.41. The average molecular weight is 273 g/mol. The number of hydrogen-bond acceptors (Lipinski definition) is 5. The predicted molar refractivity (Wildman–Crippen MR) is 67.4 cm³/mol. The maximum absolute atomic E-state index is 12.0. The van der Waals surface area contributed by atoms with Gasteiger partial charge in [0.15, 0.2) is 5.79 Å². The molecule has 6 nitrogen and oxygen atoms in total. The Balaban J connectivity index is 1.95. The van der Waals surface area contributed by atoms with Crippen LogP contribution in [0.5, 0.6) is 0 Å². The molecule has 2 aliphatic heterocycles. The van der Waals surface area contributed by atoms with E-state index < -0.39 is 23.7 Å². The van der Waals surface area contributed by atoms with Gasteiger partial charge in [-0.2, -0.15) is 0 Å². The molecule has 0 aromatic carbocycles. The lowest BCUT2D eigenvalue weighted by Gasteiger charge is -2.41. The van der Waals surface area contributed by atoms with Crippen LogP contribution in [0.2, 0.25) is 0 Å². The van der Waals surface area contributed by atoms with Gasteiger partial charge in [-0.1, -0.05) is 0 Å². The molecule has 2 rings (SSSR count). The second-order valence-corrected chi connectivity index (χ2v) is 6.26. The third-order valence-electron chi connectivity index (χ3n) is 3.21. The summed E-state index contributed by atoms with van der Waals surface area (Å²) in [7, 11) is 0. The van der Waals surface area contributed by atoms with Gasteiger partial charge in [-0.3, -0.25) is 4.90 Å². The van der Waals surface area contributed by atoms with Crippen LogP contribution in [0.15, 0.2) is 0 Å². The molecule has 3 atom stereocenters. The fourth-order valence-corrected chi connectivity index (χ4v) is 2.41. The number of carbonyl (C=O) groups excluding carboxylic acids is 1. The van der Waals surface area contributed by atoms with Crippen molar-refractivity contribution in [2.24, 2.45) is 0 Å². The molecule has 0 bridgehead atoms. The summed E-state index contributed by atoms with van der Waals surface area (Å²) in [6.45, 7) is 8.22. The lowest BCUT2D eigenvalue weighted by molar-refractivity contribution is -0.224. The summed E-state index contributed by atoms with van der Waals surface area (Å²) < 4.78 is 16.6. The van der Waals surface area contributed by atoms with Gasteiger partial charge in [-0.15, -0.1) is 0 Å². The number of ether oxygens (including phenoxy) is 3. The quantitative estimate of drug-likeness (QED) is 0.724. The van der Waals surface area contributed by atoms with Crippen LogP contribution in [0.25, 0.3) is 0 Å². The van der Waals surface area contributed by atoms with E-state index in [1.54, 1.807) is 20.8 Å². The van der Waals surface area contributed by atoms with Crippen molar-refractivity contribution in [1.29, 1.82) is 0 Å². The minimum atomic E-state index is -0.936. The third kappa shape index (κ3) is 3.38. The van der Waals surface area contributed by atoms with Gasteiger partial charge in [0.1, 0.15) is 11.8 Å². The number of carbonyl (C=O) groups is 1. The zero-order chi connectivity index (χ0) is 14.3. The summed E-state index contributed by atoms with van der Waals surface area (Å²) >= 11 is 0. The molecule has 0 aliphatic carbocycles. The Labute approximate surface area is 113 Å². The highest BCUT2D eigenvalue weighted by Crippen LogP contribution is 2.36. The summed E-state index contributed by atoms with van der Waals surface area (Å²) in [5, 5.41) is 10.1. The molecule has 0 aromatic heterocycles. The Morgan fingerprint density at radius 3 is 2.63 bits per heavy atom. The van der Waals surface area contributed by atoms with Crippen LogP contribution in [0.4, 0.5) is 4.79 Å². The van der Waals surface area contributed by atoms with Crippen molar-refractivity contribution in [2.45, 2.75) is 64.3 Å². The van der Waals surface area contributed by atoms with Gasteiger partial charge in [0, 0.05) is 19.4 Å². The molecular weight excluding hydrogens is 250 g/mol. The molecular formula is C13H23NO5. The number of likely N-dealkylation sites (tertiary alicyclic amines) is 1. The van der Waals surface area contributed by atoms with E-state index in [1.807, 2.05) is 6.92 Å². The van der Waals surface area contributed by atoms with Gasteiger partial charge in [-0.05, 0) is 27.7 Å². The van der Waals surface area contributed by atoms with Crippen LogP contribution in [-0.4, -0.2) is 53.0 Å². The highest BCUT2D eigenvalue weighted by atomic mass is 16.7. The summed E-state index contributed by atoms with van der Waals surface area (Å²) in [5.74, 6) is -0.739. The Hall–Kier alpha value is -0.850. The first kappa shape index (κ1) is 14.6. The van der Waals surface area contributed by atoms with Crippen molar-refractivity contribution in [3.05, 3.63) is 0 Å². The van der Waals surface area contributed by atoms with Crippen molar-refractivity contribution >= 4 is 6.09 Å². The molecule has 110 valence electrons. The number of aliphatic hydroxyl groups excluding tert-OH is 1. The molecule has 1 N–H and O–H groups in total. The van der Waals surface area contributed by atoms with E-state index in [-0.39, 0.29) is 12.5 Å². The SMILES string of the molecule is CC1COC2(CCN(C(=O)OC(C)(C)C)C(O)C2)O1. The van der Waals surface area contributed by atoms with Crippen LogP contribution >= 0.6 is 0 Å². The summed E-state index contributed by atoms with van der Waals surface area (Å²) in [6.07, 6.45) is -0.598. The van der Waals surface area contributed by atoms with Gasteiger partial charge in [0.25, 0.3) is 0 Å². The van der Waals surface area contributed by atoms with Gasteiger partial charge in [-0.25, -0.2) is 4.79 Å². The Morgan fingerprint density at radius 1 is 1.47 bits per heavy atom. The number of aliphatic hydroxyl groups is 1. The van der Waals surface area contributed by atoms with Crippen molar-refractivity contribution in [3.63, 3.8) is 0 Å². The molecule has 3 unspecified atom stereocenters. The van der Waals surface area contributed by atoms with E-state index in [2.05, 4.69) is 0 Å². The molecule has 1 amide bonds. The molecule has 1 spiro atoms. The first-order valence-electron chi connectivity index (χ1n) is 6.70. The Kier molecular flexibility index (Phi) is 3.77. The highest BCUT2D eigenvalue weighted by Gasteiger charge is 2.47. The number of rotatable bonds is 0. The van der Waals surface area contributed by atoms with Crippen molar-refractivity contribution in [2.75, 3.05) is 13.2 Å². The van der Waals surface area contributed by atoms with E-state index in [4.69, 9.17) is 14.2 Å². The van der Waals surface area contributed by atoms with Crippen LogP contribution in [0.3, 0.4) is 0 Å². The number of piperidine rings is 1. The molecule has 0 radical (unpaired) electrons. The van der Waals surface area contributed by atoms with Gasteiger partial charge < -0.3 is 19.3 Å². The summed E-state index contributed by atoms with van der Waals surface area (Å²) in [6, 6.07) is 0. The first-order valence-corrected chi connectivity index (χ1v) is 6.70. The molecule has 2 fully saturated rings. The predicted octanol–water partition coefficient (Wildman–Crippen LogP) is 1.47. The van der Waals surface area contributed by atoms with E-state index in [0.717, 1.165) is 0 Å². The number of hydrogen-bond donors (Lipinski definition) is 1. The maximum atomic E-state index is 12.0. The summed E-state index contributed by atoms with van der Waals surface area (Å²) in [4.78, 5) is 13.3. The molecule has 2 saturated heterocycles. The van der Waals surface area contributed by atoms with Gasteiger partial charge in [0.2, 0.25) is 0 Å². The highest BCUT2D eigenvalue weighted by molar-refractivity contribution is 5.68. The van der Waals surface area contributed by atoms with Crippen LogP contribution in [0.1, 0.15) is 40.5 Å². The smallest absolute Gasteiger partial charge is 0.412 e. The van der Waals surface area contributed by atoms with E-state index in [1.165, 1.54) is 4.90 Å². The van der Waals surface area contributed by atoms with Crippen LogP contribution < -0.4 is 0 Å². The topological polar surface area (TPSA) is 68.2 Å². The zero-order valence-electron chi connectivity index (χ0n) is 12.0. The van der Waals surface area contributed by atoms with Crippen LogP contribution in [0, 0.1) is 0 Å². The second kappa shape index (κ2) is 4.92. The van der Waals surface area contributed by atoms with E-state index in [9.17, 15) is 9.90 Å². The zero-order valence-corrected chi connectivity index (χ0v) is 12.0. The Morgan fingerprint density at radius 2 is 2.16 bits per heavy atom. The lowest BCUT2D eigenvalue weighted by Crippen LogP contribution is -2.54. The first-order chi connectivity index (χ1) is 8.71. The molecule has 2 heterocycles. The Bertz CT molecular complexity index is 353. The molecule has 19 heavy (non-hydrogen) atoms. The second-order valence-electron chi connectivity index (χ2n) is 6.26. The van der Waals surface area contributed by atoms with Gasteiger partial charge >= 0.3 is 6.09 Å². The van der Waals surface area contributed by atoms with E-state index >= 15 is 0 Å². The van der Waals surface area contributed by atoms with Crippen molar-refractivity contribution < 1.29 is 24.1 Å². The molecule has 0 aromatic rings.